The second kappa shape index (κ2) is 9.85. The molecular weight excluding hydrogens is 472 g/mol. The Bertz CT molecular complexity index is 1480. The quantitative estimate of drug-likeness (QED) is 0.392. The van der Waals surface area contributed by atoms with E-state index < -0.39 is 10.0 Å². The molecule has 182 valence electrons. The fraction of sp³-hybridized carbons (Fsp3) is 0.185. The lowest BCUT2D eigenvalue weighted by Gasteiger charge is -2.32. The molecule has 3 N–H and O–H groups in total. The van der Waals surface area contributed by atoms with Crippen LogP contribution in [0.25, 0.3) is 0 Å². The molecule has 0 amide bonds. The molecule has 1 aliphatic rings. The number of nitriles is 1. The zero-order valence-electron chi connectivity index (χ0n) is 19.6. The topological polar surface area (TPSA) is 119 Å². The molecule has 2 heterocycles. The normalized spacial score (nSPS) is 16.2. The Balaban J connectivity index is 1.62. The van der Waals surface area contributed by atoms with Crippen LogP contribution in [0.4, 0.5) is 11.4 Å². The van der Waals surface area contributed by atoms with Crippen LogP contribution >= 0.6 is 0 Å². The van der Waals surface area contributed by atoms with Gasteiger partial charge in [0, 0.05) is 36.7 Å². The van der Waals surface area contributed by atoms with Crippen LogP contribution in [0.2, 0.25) is 0 Å². The lowest BCUT2D eigenvalue weighted by Crippen LogP contribution is -2.45. The molecular formula is C27H26N6O2S. The van der Waals surface area contributed by atoms with Crippen molar-refractivity contribution < 1.29 is 8.42 Å². The van der Waals surface area contributed by atoms with Crippen LogP contribution in [0.1, 0.15) is 22.4 Å². The minimum absolute atomic E-state index is 0.145. The highest BCUT2D eigenvalue weighted by Crippen LogP contribution is 2.33. The predicted molar refractivity (Wildman–Crippen MR) is 138 cm³/mol. The number of nitrogens with one attached hydrogen (secondary N) is 1. The minimum Gasteiger partial charge on any atom is -0.399 e. The third-order valence-electron chi connectivity index (χ3n) is 6.42. The highest BCUT2D eigenvalue weighted by atomic mass is 32.2. The van der Waals surface area contributed by atoms with Gasteiger partial charge in [0.05, 0.1) is 35.1 Å². The number of fused-ring (bicyclic) bond motifs is 1. The van der Waals surface area contributed by atoms with Crippen molar-refractivity contribution in [3.8, 4) is 6.07 Å². The molecule has 8 nitrogen and oxygen atoms in total. The van der Waals surface area contributed by atoms with Gasteiger partial charge in [-0.2, -0.15) is 9.57 Å². The number of nitrogen functional groups attached to an aromatic ring is 1. The van der Waals surface area contributed by atoms with E-state index in [2.05, 4.69) is 20.9 Å². The lowest BCUT2D eigenvalue weighted by molar-refractivity contribution is 0.318. The Morgan fingerprint density at radius 1 is 1.08 bits per heavy atom. The van der Waals surface area contributed by atoms with Crippen LogP contribution in [0, 0.1) is 11.3 Å². The van der Waals surface area contributed by atoms with Crippen LogP contribution in [0.3, 0.4) is 0 Å². The van der Waals surface area contributed by atoms with E-state index in [0.717, 1.165) is 22.5 Å². The molecule has 0 spiro atoms. The number of benzene rings is 3. The van der Waals surface area contributed by atoms with Gasteiger partial charge in [-0.25, -0.2) is 13.4 Å². The molecule has 0 bridgehead atoms. The van der Waals surface area contributed by atoms with Gasteiger partial charge in [0.1, 0.15) is 0 Å². The van der Waals surface area contributed by atoms with Crippen LogP contribution in [-0.4, -0.2) is 35.3 Å². The number of sulfonamides is 1. The number of imidazole rings is 1. The highest BCUT2D eigenvalue weighted by molar-refractivity contribution is 7.89. The molecule has 0 saturated heterocycles. The molecule has 0 radical (unpaired) electrons. The number of H-pyrrole nitrogens is 1. The fourth-order valence-corrected chi connectivity index (χ4v) is 6.26. The SMILES string of the molecule is N#Cc1ccc2c(c1)CN(S(=O)(=O)c1ccc(N)cc1)[C@H](Cc1ccccc1)CN2Cc1c[nH]cn1. The van der Waals surface area contributed by atoms with Crippen molar-refractivity contribution in [3.05, 3.63) is 108 Å². The average Bonchev–Trinajstić information content (AvgIpc) is 3.35. The molecule has 3 aromatic carbocycles. The Labute approximate surface area is 210 Å². The van der Waals surface area contributed by atoms with Crippen LogP contribution in [0.5, 0.6) is 0 Å². The Kier molecular flexibility index (Phi) is 6.46. The molecule has 4 aromatic rings. The molecule has 9 heteroatoms. The van der Waals surface area contributed by atoms with E-state index in [1.165, 1.54) is 0 Å². The first-order chi connectivity index (χ1) is 17.4. The van der Waals surface area contributed by atoms with E-state index in [0.29, 0.717) is 30.8 Å². The van der Waals surface area contributed by atoms with E-state index >= 15 is 0 Å². The smallest absolute Gasteiger partial charge is 0.243 e. The minimum atomic E-state index is -3.87. The van der Waals surface area contributed by atoms with Crippen molar-refractivity contribution in [1.82, 2.24) is 14.3 Å². The first-order valence-corrected chi connectivity index (χ1v) is 13.0. The maximum atomic E-state index is 14.0. The summed E-state index contributed by atoms with van der Waals surface area (Å²) in [7, 11) is -3.87. The number of hydrogen-bond donors (Lipinski definition) is 2. The summed E-state index contributed by atoms with van der Waals surface area (Å²) in [5.41, 5.74) is 10.4. The summed E-state index contributed by atoms with van der Waals surface area (Å²) in [5.74, 6) is 0. The summed E-state index contributed by atoms with van der Waals surface area (Å²) in [6.07, 6.45) is 4.00. The molecule has 1 aliphatic heterocycles. The maximum Gasteiger partial charge on any atom is 0.243 e. The van der Waals surface area contributed by atoms with Gasteiger partial charge in [-0.3, -0.25) is 0 Å². The molecule has 1 atom stereocenters. The zero-order chi connectivity index (χ0) is 25.1. The molecule has 5 rings (SSSR count). The van der Waals surface area contributed by atoms with E-state index in [-0.39, 0.29) is 17.5 Å². The molecule has 0 saturated carbocycles. The molecule has 1 aromatic heterocycles. The van der Waals surface area contributed by atoms with E-state index in [4.69, 9.17) is 5.73 Å². The number of rotatable bonds is 6. The standard InChI is InChI=1S/C27H26N6O2S/c28-14-21-6-11-27-22(12-21)16-33(36(34,35)26-9-7-23(29)8-10-26)25(13-20-4-2-1-3-5-20)18-32(27)17-24-15-30-19-31-24/h1-12,15,19,25H,13,16-18,29H2,(H,30,31)/t25-/m1/s1. The van der Waals surface area contributed by atoms with Gasteiger partial charge in [0.15, 0.2) is 0 Å². The van der Waals surface area contributed by atoms with E-state index in [1.54, 1.807) is 47.0 Å². The molecule has 0 unspecified atom stereocenters. The van der Waals surface area contributed by atoms with E-state index in [9.17, 15) is 13.7 Å². The van der Waals surface area contributed by atoms with Crippen molar-refractivity contribution in [3.63, 3.8) is 0 Å². The Morgan fingerprint density at radius 3 is 2.56 bits per heavy atom. The van der Waals surface area contributed by atoms with Gasteiger partial charge in [0.25, 0.3) is 0 Å². The number of nitrogens with two attached hydrogens (primary N) is 1. The third-order valence-corrected chi connectivity index (χ3v) is 8.34. The first kappa shape index (κ1) is 23.6. The Morgan fingerprint density at radius 2 is 1.86 bits per heavy atom. The van der Waals surface area contributed by atoms with Crippen LogP contribution in [-0.2, 0) is 29.5 Å². The lowest BCUT2D eigenvalue weighted by atomic mass is 10.1. The number of aromatic nitrogens is 2. The summed E-state index contributed by atoms with van der Waals surface area (Å²) in [5, 5.41) is 9.54. The first-order valence-electron chi connectivity index (χ1n) is 11.6. The summed E-state index contributed by atoms with van der Waals surface area (Å²) in [6, 6.07) is 23.4. The van der Waals surface area contributed by atoms with Crippen LogP contribution in [0.15, 0.2) is 90.2 Å². The summed E-state index contributed by atoms with van der Waals surface area (Å²) in [6.45, 7) is 1.10. The largest absolute Gasteiger partial charge is 0.399 e. The van der Waals surface area contributed by atoms with Crippen molar-refractivity contribution in [1.29, 1.82) is 5.26 Å². The van der Waals surface area contributed by atoms with Crippen molar-refractivity contribution in [2.24, 2.45) is 0 Å². The number of nitrogens with zero attached hydrogens (tertiary/aromatic N) is 4. The van der Waals surface area contributed by atoms with Crippen LogP contribution < -0.4 is 10.6 Å². The second-order valence-corrected chi connectivity index (χ2v) is 10.7. The molecule has 0 aliphatic carbocycles. The van der Waals surface area contributed by atoms with E-state index in [1.807, 2.05) is 42.6 Å². The van der Waals surface area contributed by atoms with Gasteiger partial charge in [-0.1, -0.05) is 30.3 Å². The van der Waals surface area contributed by atoms with Crippen molar-refractivity contribution in [2.45, 2.75) is 30.4 Å². The summed E-state index contributed by atoms with van der Waals surface area (Å²) in [4.78, 5) is 9.72. The number of anilines is 2. The van der Waals surface area contributed by atoms with Crippen molar-refractivity contribution in [2.75, 3.05) is 17.2 Å². The van der Waals surface area contributed by atoms with Gasteiger partial charge in [-0.05, 0) is 60.0 Å². The van der Waals surface area contributed by atoms with Gasteiger partial charge < -0.3 is 15.6 Å². The molecule has 0 fully saturated rings. The maximum absolute atomic E-state index is 14.0. The average molecular weight is 499 g/mol. The fourth-order valence-electron chi connectivity index (χ4n) is 4.66. The number of hydrogen-bond acceptors (Lipinski definition) is 6. The van der Waals surface area contributed by atoms with Crippen molar-refractivity contribution >= 4 is 21.4 Å². The zero-order valence-corrected chi connectivity index (χ0v) is 20.4. The number of aromatic amines is 1. The predicted octanol–water partition coefficient (Wildman–Crippen LogP) is 3.69. The second-order valence-electron chi connectivity index (χ2n) is 8.86. The summed E-state index contributed by atoms with van der Waals surface area (Å²) >= 11 is 0. The van der Waals surface area contributed by atoms with Gasteiger partial charge in [-0.15, -0.1) is 0 Å². The highest BCUT2D eigenvalue weighted by Gasteiger charge is 2.36. The summed E-state index contributed by atoms with van der Waals surface area (Å²) < 4.78 is 29.6. The Hall–Kier alpha value is -4.13. The monoisotopic (exact) mass is 498 g/mol. The van der Waals surface area contributed by atoms with Gasteiger partial charge >= 0.3 is 0 Å². The molecule has 36 heavy (non-hydrogen) atoms. The third kappa shape index (κ3) is 4.82. The van der Waals surface area contributed by atoms with Gasteiger partial charge in [0.2, 0.25) is 10.0 Å².